The monoisotopic (exact) mass is 343 g/mol. The van der Waals surface area contributed by atoms with Crippen molar-refractivity contribution in [1.29, 1.82) is 0 Å². The first-order chi connectivity index (χ1) is 10.7. The lowest BCUT2D eigenvalue weighted by molar-refractivity contribution is -0.127. The molecule has 0 aliphatic carbocycles. The van der Waals surface area contributed by atoms with Crippen LogP contribution in [0.4, 0.5) is 0 Å². The number of methoxy groups -OCH3 is 1. The van der Waals surface area contributed by atoms with Gasteiger partial charge in [-0.1, -0.05) is 0 Å². The van der Waals surface area contributed by atoms with Crippen molar-refractivity contribution >= 4 is 18.3 Å². The minimum Gasteiger partial charge on any atom is -0.497 e. The predicted molar refractivity (Wildman–Crippen MR) is 92.7 cm³/mol. The minimum absolute atomic E-state index is 0. The van der Waals surface area contributed by atoms with E-state index in [4.69, 9.17) is 9.47 Å². The fourth-order valence-electron chi connectivity index (χ4n) is 2.33. The van der Waals surface area contributed by atoms with Crippen molar-refractivity contribution in [3.8, 4) is 11.5 Å². The first kappa shape index (κ1) is 19.5. The summed E-state index contributed by atoms with van der Waals surface area (Å²) in [7, 11) is 1.62. The van der Waals surface area contributed by atoms with Crippen LogP contribution in [0.3, 0.4) is 0 Å². The van der Waals surface area contributed by atoms with Crippen LogP contribution in [0.2, 0.25) is 0 Å². The van der Waals surface area contributed by atoms with E-state index in [0.29, 0.717) is 12.3 Å². The molecule has 1 heterocycles. The van der Waals surface area contributed by atoms with Crippen LogP contribution in [0.25, 0.3) is 0 Å². The smallest absolute Gasteiger partial charge is 0.260 e. The Morgan fingerprint density at radius 3 is 2.48 bits per heavy atom. The maximum atomic E-state index is 12.0. The van der Waals surface area contributed by atoms with Crippen molar-refractivity contribution < 1.29 is 14.3 Å². The quantitative estimate of drug-likeness (QED) is 0.770. The molecule has 0 bridgehead atoms. The molecule has 1 aromatic rings. The molecule has 23 heavy (non-hydrogen) atoms. The van der Waals surface area contributed by atoms with Crippen molar-refractivity contribution in [2.45, 2.75) is 13.0 Å². The van der Waals surface area contributed by atoms with Crippen LogP contribution in [0, 0.1) is 0 Å². The highest BCUT2D eigenvalue weighted by Crippen LogP contribution is 2.18. The molecule has 0 saturated carbocycles. The van der Waals surface area contributed by atoms with Crippen molar-refractivity contribution in [2.75, 3.05) is 46.4 Å². The molecule has 1 fully saturated rings. The van der Waals surface area contributed by atoms with E-state index in [0.717, 1.165) is 38.5 Å². The Morgan fingerprint density at radius 2 is 1.87 bits per heavy atom. The van der Waals surface area contributed by atoms with Crippen LogP contribution < -0.4 is 20.1 Å². The molecule has 0 aromatic heterocycles. The van der Waals surface area contributed by atoms with E-state index < -0.39 is 6.10 Å². The van der Waals surface area contributed by atoms with E-state index >= 15 is 0 Å². The van der Waals surface area contributed by atoms with E-state index in [-0.39, 0.29) is 18.3 Å². The molecule has 1 aliphatic rings. The number of hydrogen-bond acceptors (Lipinski definition) is 5. The number of benzene rings is 1. The number of carbonyl (C=O) groups excluding carboxylic acids is 1. The first-order valence-corrected chi connectivity index (χ1v) is 7.70. The number of amides is 1. The van der Waals surface area contributed by atoms with Gasteiger partial charge in [-0.15, -0.1) is 12.4 Å². The molecule has 1 amide bonds. The normalized spacial score (nSPS) is 16.1. The average molecular weight is 344 g/mol. The molecule has 1 unspecified atom stereocenters. The van der Waals surface area contributed by atoms with Crippen LogP contribution in [-0.4, -0.2) is 63.3 Å². The van der Waals surface area contributed by atoms with Gasteiger partial charge in [0.15, 0.2) is 6.10 Å². The third kappa shape index (κ3) is 6.64. The van der Waals surface area contributed by atoms with Gasteiger partial charge in [-0.25, -0.2) is 0 Å². The molecule has 2 N–H and O–H groups in total. The van der Waals surface area contributed by atoms with Gasteiger partial charge in [0.05, 0.1) is 7.11 Å². The van der Waals surface area contributed by atoms with E-state index in [1.165, 1.54) is 0 Å². The fourth-order valence-corrected chi connectivity index (χ4v) is 2.33. The molecule has 1 aromatic carbocycles. The largest absolute Gasteiger partial charge is 0.497 e. The van der Waals surface area contributed by atoms with Gasteiger partial charge in [-0.05, 0) is 31.2 Å². The summed E-state index contributed by atoms with van der Waals surface area (Å²) in [6, 6.07) is 7.21. The average Bonchev–Trinajstić information content (AvgIpc) is 2.56. The van der Waals surface area contributed by atoms with E-state index in [9.17, 15) is 4.79 Å². The van der Waals surface area contributed by atoms with Crippen molar-refractivity contribution in [1.82, 2.24) is 15.5 Å². The topological polar surface area (TPSA) is 62.8 Å². The Kier molecular flexibility index (Phi) is 8.76. The highest BCUT2D eigenvalue weighted by Gasteiger charge is 2.15. The molecule has 0 radical (unpaired) electrons. The lowest BCUT2D eigenvalue weighted by Gasteiger charge is -2.27. The van der Waals surface area contributed by atoms with Gasteiger partial charge in [0.2, 0.25) is 0 Å². The fraction of sp³-hybridized carbons (Fsp3) is 0.562. The molecule has 2 rings (SSSR count). The molecule has 1 atom stereocenters. The third-order valence-corrected chi connectivity index (χ3v) is 3.68. The van der Waals surface area contributed by atoms with Crippen molar-refractivity contribution in [3.05, 3.63) is 24.3 Å². The van der Waals surface area contributed by atoms with Crippen molar-refractivity contribution in [3.63, 3.8) is 0 Å². The summed E-state index contributed by atoms with van der Waals surface area (Å²) in [6.07, 6.45) is -0.517. The second kappa shape index (κ2) is 10.3. The summed E-state index contributed by atoms with van der Waals surface area (Å²) in [6.45, 7) is 7.39. The van der Waals surface area contributed by atoms with Crippen LogP contribution in [0.5, 0.6) is 11.5 Å². The van der Waals surface area contributed by atoms with E-state index in [1.807, 2.05) is 12.1 Å². The standard InChI is InChI=1S/C16H25N3O3.ClH/c1-13(22-15-5-3-14(21-2)4-6-15)16(20)18-9-12-19-10-7-17-8-11-19;/h3-6,13,17H,7-12H2,1-2H3,(H,18,20);1H. The molecule has 1 saturated heterocycles. The zero-order valence-electron chi connectivity index (χ0n) is 13.7. The number of piperazine rings is 1. The number of nitrogens with zero attached hydrogens (tertiary/aromatic N) is 1. The van der Waals surface area contributed by atoms with Crippen LogP contribution in [0.15, 0.2) is 24.3 Å². The number of rotatable bonds is 7. The minimum atomic E-state index is -0.517. The van der Waals surface area contributed by atoms with Gasteiger partial charge in [0, 0.05) is 39.3 Å². The predicted octanol–water partition coefficient (Wildman–Crippen LogP) is 0.906. The van der Waals surface area contributed by atoms with Crippen molar-refractivity contribution in [2.24, 2.45) is 0 Å². The van der Waals surface area contributed by atoms with Crippen LogP contribution in [-0.2, 0) is 4.79 Å². The molecule has 130 valence electrons. The number of hydrogen-bond donors (Lipinski definition) is 2. The summed E-state index contributed by atoms with van der Waals surface area (Å²) in [5.74, 6) is 1.33. The van der Waals surface area contributed by atoms with E-state index in [1.54, 1.807) is 26.2 Å². The molecule has 6 nitrogen and oxygen atoms in total. The Balaban J connectivity index is 0.00000264. The third-order valence-electron chi connectivity index (χ3n) is 3.68. The Bertz CT molecular complexity index is 464. The Labute approximate surface area is 143 Å². The summed E-state index contributed by atoms with van der Waals surface area (Å²) in [5, 5.41) is 6.23. The van der Waals surface area contributed by atoms with Crippen LogP contribution >= 0.6 is 12.4 Å². The summed E-state index contributed by atoms with van der Waals surface area (Å²) >= 11 is 0. The van der Waals surface area contributed by atoms with Crippen LogP contribution in [0.1, 0.15) is 6.92 Å². The van der Waals surface area contributed by atoms with Gasteiger partial charge < -0.3 is 20.1 Å². The van der Waals surface area contributed by atoms with Gasteiger partial charge >= 0.3 is 0 Å². The lowest BCUT2D eigenvalue weighted by Crippen LogP contribution is -2.47. The molecule has 7 heteroatoms. The van der Waals surface area contributed by atoms with E-state index in [2.05, 4.69) is 15.5 Å². The maximum Gasteiger partial charge on any atom is 0.260 e. The Hall–Kier alpha value is -1.50. The van der Waals surface area contributed by atoms with Gasteiger partial charge in [-0.2, -0.15) is 0 Å². The highest BCUT2D eigenvalue weighted by molar-refractivity contribution is 5.85. The number of ether oxygens (including phenoxy) is 2. The SMILES string of the molecule is COc1ccc(OC(C)C(=O)NCCN2CCNCC2)cc1.Cl. The first-order valence-electron chi connectivity index (χ1n) is 7.70. The number of carbonyl (C=O) groups is 1. The number of halogens is 1. The summed E-state index contributed by atoms with van der Waals surface area (Å²) in [5.41, 5.74) is 0. The molecular weight excluding hydrogens is 318 g/mol. The zero-order chi connectivity index (χ0) is 15.8. The molecule has 0 spiro atoms. The Morgan fingerprint density at radius 1 is 1.26 bits per heavy atom. The zero-order valence-corrected chi connectivity index (χ0v) is 14.5. The molecular formula is C16H26ClN3O3. The number of nitrogens with one attached hydrogen (secondary N) is 2. The van der Waals surface area contributed by atoms with Gasteiger partial charge in [0.1, 0.15) is 11.5 Å². The highest BCUT2D eigenvalue weighted by atomic mass is 35.5. The lowest BCUT2D eigenvalue weighted by atomic mass is 10.3. The second-order valence-corrected chi connectivity index (χ2v) is 5.32. The summed E-state index contributed by atoms with van der Waals surface area (Å²) < 4.78 is 10.7. The van der Waals surface area contributed by atoms with Gasteiger partial charge in [0.25, 0.3) is 5.91 Å². The van der Waals surface area contributed by atoms with Gasteiger partial charge in [-0.3, -0.25) is 9.69 Å². The molecule has 1 aliphatic heterocycles. The maximum absolute atomic E-state index is 12.0. The second-order valence-electron chi connectivity index (χ2n) is 5.32. The summed E-state index contributed by atoms with van der Waals surface area (Å²) in [4.78, 5) is 14.4.